The van der Waals surface area contributed by atoms with Gasteiger partial charge in [0.1, 0.15) is 0 Å². The fourth-order valence-corrected chi connectivity index (χ4v) is 3.38. The van der Waals surface area contributed by atoms with Crippen molar-refractivity contribution < 1.29 is 9.59 Å². The van der Waals surface area contributed by atoms with Crippen LogP contribution in [-0.4, -0.2) is 47.8 Å². The quantitative estimate of drug-likeness (QED) is 0.791. The predicted molar refractivity (Wildman–Crippen MR) is 108 cm³/mol. The van der Waals surface area contributed by atoms with Crippen molar-refractivity contribution in [1.82, 2.24) is 9.80 Å². The van der Waals surface area contributed by atoms with Crippen LogP contribution < -0.4 is 0 Å². The lowest BCUT2D eigenvalue weighted by atomic mass is 10.1. The van der Waals surface area contributed by atoms with Crippen molar-refractivity contribution >= 4 is 23.4 Å². The second kappa shape index (κ2) is 9.05. The molecule has 0 radical (unpaired) electrons. The Kier molecular flexibility index (Phi) is 6.51. The average Bonchev–Trinajstić information content (AvgIpc) is 2.69. The van der Waals surface area contributed by atoms with Gasteiger partial charge in [-0.25, -0.2) is 0 Å². The van der Waals surface area contributed by atoms with Crippen LogP contribution in [0.4, 0.5) is 0 Å². The Morgan fingerprint density at radius 1 is 0.815 bits per heavy atom. The molecule has 5 heteroatoms. The number of hydrogen-bond acceptors (Lipinski definition) is 2. The van der Waals surface area contributed by atoms with E-state index in [1.165, 1.54) is 11.1 Å². The number of rotatable bonds is 5. The molecule has 27 heavy (non-hydrogen) atoms. The molecule has 1 aliphatic heterocycles. The van der Waals surface area contributed by atoms with Crippen molar-refractivity contribution in [2.24, 2.45) is 0 Å². The lowest BCUT2D eigenvalue weighted by Crippen LogP contribution is -2.51. The van der Waals surface area contributed by atoms with Crippen LogP contribution in [0.2, 0.25) is 5.02 Å². The monoisotopic (exact) mass is 384 g/mol. The molecule has 1 fully saturated rings. The van der Waals surface area contributed by atoms with Crippen molar-refractivity contribution in [1.29, 1.82) is 0 Å². The number of nitrogens with zero attached hydrogens (tertiary/aromatic N) is 2. The van der Waals surface area contributed by atoms with Gasteiger partial charge in [0.25, 0.3) is 0 Å². The number of hydrogen-bond donors (Lipinski definition) is 0. The number of carbonyl (C=O) groups is 2. The fourth-order valence-electron chi connectivity index (χ4n) is 3.26. The SMILES string of the molecule is Cc1ccc(CCC(=O)N2CCN(C(=O)Cc3ccc(Cl)cc3)CC2)cc1. The fraction of sp³-hybridized carbons (Fsp3) is 0.364. The van der Waals surface area contributed by atoms with Crippen molar-refractivity contribution in [3.63, 3.8) is 0 Å². The van der Waals surface area contributed by atoms with Crippen LogP contribution >= 0.6 is 11.6 Å². The summed E-state index contributed by atoms with van der Waals surface area (Å²) in [7, 11) is 0. The molecule has 2 amide bonds. The van der Waals surface area contributed by atoms with Crippen LogP contribution in [-0.2, 0) is 22.4 Å². The molecule has 0 spiro atoms. The number of halogens is 1. The van der Waals surface area contributed by atoms with Gasteiger partial charge < -0.3 is 9.80 Å². The molecule has 1 saturated heterocycles. The molecule has 142 valence electrons. The summed E-state index contributed by atoms with van der Waals surface area (Å²) in [5.74, 6) is 0.268. The molecular weight excluding hydrogens is 360 g/mol. The van der Waals surface area contributed by atoms with Gasteiger partial charge in [0.2, 0.25) is 11.8 Å². The van der Waals surface area contributed by atoms with Crippen LogP contribution in [0.15, 0.2) is 48.5 Å². The van der Waals surface area contributed by atoms with E-state index < -0.39 is 0 Å². The minimum Gasteiger partial charge on any atom is -0.339 e. The molecule has 0 N–H and O–H groups in total. The van der Waals surface area contributed by atoms with Crippen molar-refractivity contribution in [3.8, 4) is 0 Å². The number of carbonyl (C=O) groups excluding carboxylic acids is 2. The Morgan fingerprint density at radius 2 is 1.33 bits per heavy atom. The molecule has 1 aliphatic rings. The van der Waals surface area contributed by atoms with Crippen LogP contribution in [0.25, 0.3) is 0 Å². The van der Waals surface area contributed by atoms with Gasteiger partial charge >= 0.3 is 0 Å². The van der Waals surface area contributed by atoms with Crippen LogP contribution in [0, 0.1) is 6.92 Å². The zero-order valence-electron chi connectivity index (χ0n) is 15.7. The van der Waals surface area contributed by atoms with E-state index in [2.05, 4.69) is 31.2 Å². The molecule has 1 heterocycles. The summed E-state index contributed by atoms with van der Waals surface area (Å²) in [5.41, 5.74) is 3.37. The van der Waals surface area contributed by atoms with Gasteiger partial charge in [-0.1, -0.05) is 53.6 Å². The predicted octanol–water partition coefficient (Wildman–Crippen LogP) is 3.49. The molecule has 0 saturated carbocycles. The first-order valence-electron chi connectivity index (χ1n) is 9.37. The maximum absolute atomic E-state index is 12.5. The van der Waals surface area contributed by atoms with Gasteiger partial charge in [-0.2, -0.15) is 0 Å². The number of piperazine rings is 1. The summed E-state index contributed by atoms with van der Waals surface area (Å²) in [4.78, 5) is 28.6. The first-order valence-corrected chi connectivity index (χ1v) is 9.74. The Hall–Kier alpha value is -2.33. The molecule has 2 aromatic rings. The Balaban J connectivity index is 1.43. The summed E-state index contributed by atoms with van der Waals surface area (Å²) < 4.78 is 0. The van der Waals surface area contributed by atoms with E-state index in [0.29, 0.717) is 44.0 Å². The lowest BCUT2D eigenvalue weighted by molar-refractivity contribution is -0.139. The van der Waals surface area contributed by atoms with E-state index >= 15 is 0 Å². The van der Waals surface area contributed by atoms with E-state index in [1.807, 2.05) is 21.9 Å². The third-order valence-electron chi connectivity index (χ3n) is 5.00. The average molecular weight is 385 g/mol. The van der Waals surface area contributed by atoms with Gasteiger partial charge in [0.15, 0.2) is 0 Å². The highest BCUT2D eigenvalue weighted by Gasteiger charge is 2.23. The second-order valence-corrected chi connectivity index (χ2v) is 7.49. The van der Waals surface area contributed by atoms with Gasteiger partial charge in [-0.3, -0.25) is 9.59 Å². The zero-order chi connectivity index (χ0) is 19.2. The maximum Gasteiger partial charge on any atom is 0.227 e. The second-order valence-electron chi connectivity index (χ2n) is 7.05. The molecule has 2 aromatic carbocycles. The molecule has 3 rings (SSSR count). The molecule has 4 nitrogen and oxygen atoms in total. The molecule has 0 unspecified atom stereocenters. The van der Waals surface area contributed by atoms with Crippen LogP contribution in [0.5, 0.6) is 0 Å². The first kappa shape index (κ1) is 19.4. The van der Waals surface area contributed by atoms with Crippen molar-refractivity contribution in [2.45, 2.75) is 26.2 Å². The lowest BCUT2D eigenvalue weighted by Gasteiger charge is -2.35. The third-order valence-corrected chi connectivity index (χ3v) is 5.25. The van der Waals surface area contributed by atoms with Crippen LogP contribution in [0.1, 0.15) is 23.1 Å². The first-order chi connectivity index (χ1) is 13.0. The molecule has 0 aliphatic carbocycles. The third kappa shape index (κ3) is 5.57. The van der Waals surface area contributed by atoms with Gasteiger partial charge in [-0.15, -0.1) is 0 Å². The number of aryl methyl sites for hydroxylation is 2. The van der Waals surface area contributed by atoms with Gasteiger partial charge in [0.05, 0.1) is 6.42 Å². The van der Waals surface area contributed by atoms with E-state index in [-0.39, 0.29) is 11.8 Å². The van der Waals surface area contributed by atoms with E-state index in [0.717, 1.165) is 12.0 Å². The highest BCUT2D eigenvalue weighted by Crippen LogP contribution is 2.13. The summed E-state index contributed by atoms with van der Waals surface area (Å²) in [6, 6.07) is 15.7. The normalized spacial score (nSPS) is 14.3. The van der Waals surface area contributed by atoms with Crippen molar-refractivity contribution in [2.75, 3.05) is 26.2 Å². The number of amides is 2. The summed E-state index contributed by atoms with van der Waals surface area (Å²) in [6.45, 7) is 4.48. The Bertz CT molecular complexity index is 779. The highest BCUT2D eigenvalue weighted by molar-refractivity contribution is 6.30. The summed E-state index contributed by atoms with van der Waals surface area (Å²) in [5, 5.41) is 0.670. The van der Waals surface area contributed by atoms with Crippen molar-refractivity contribution in [3.05, 3.63) is 70.2 Å². The van der Waals surface area contributed by atoms with Gasteiger partial charge in [-0.05, 0) is 36.6 Å². The largest absolute Gasteiger partial charge is 0.339 e. The summed E-state index contributed by atoms with van der Waals surface area (Å²) in [6.07, 6.45) is 1.65. The smallest absolute Gasteiger partial charge is 0.227 e. The Morgan fingerprint density at radius 3 is 1.93 bits per heavy atom. The topological polar surface area (TPSA) is 40.6 Å². The van der Waals surface area contributed by atoms with E-state index in [4.69, 9.17) is 11.6 Å². The summed E-state index contributed by atoms with van der Waals surface area (Å²) >= 11 is 5.88. The molecule has 0 bridgehead atoms. The van der Waals surface area contributed by atoms with Crippen LogP contribution in [0.3, 0.4) is 0 Å². The molecule has 0 aromatic heterocycles. The number of benzene rings is 2. The minimum absolute atomic E-state index is 0.101. The zero-order valence-corrected chi connectivity index (χ0v) is 16.4. The minimum atomic E-state index is 0.101. The van der Waals surface area contributed by atoms with E-state index in [1.54, 1.807) is 12.1 Å². The Labute approximate surface area is 165 Å². The van der Waals surface area contributed by atoms with E-state index in [9.17, 15) is 9.59 Å². The highest BCUT2D eigenvalue weighted by atomic mass is 35.5. The van der Waals surface area contributed by atoms with Gasteiger partial charge in [0, 0.05) is 37.6 Å². The standard InChI is InChI=1S/C22H25ClN2O2/c1-17-2-4-18(5-3-17)8-11-21(26)24-12-14-25(15-13-24)22(27)16-19-6-9-20(23)10-7-19/h2-7,9-10H,8,11-16H2,1H3. The molecular formula is C22H25ClN2O2. The molecule has 0 atom stereocenters. The maximum atomic E-state index is 12.5.